The van der Waals surface area contributed by atoms with Crippen LogP contribution in [0.25, 0.3) is 10.9 Å². The molecule has 2 rings (SSSR count). The van der Waals surface area contributed by atoms with E-state index in [0.717, 1.165) is 33.1 Å². The van der Waals surface area contributed by atoms with Crippen molar-refractivity contribution in [1.29, 1.82) is 0 Å². The third kappa shape index (κ3) is 2.44. The van der Waals surface area contributed by atoms with E-state index in [2.05, 4.69) is 34.8 Å². The van der Waals surface area contributed by atoms with Crippen LogP contribution in [0.2, 0.25) is 0 Å². The molecule has 1 N–H and O–H groups in total. The van der Waals surface area contributed by atoms with Gasteiger partial charge in [-0.15, -0.1) is 0 Å². The molecular formula is C14H16BrNO. The number of aromatic amines is 1. The number of H-pyrrole nitrogens is 1. The largest absolute Gasteiger partial charge is 0.358 e. The number of pyridine rings is 1. The summed E-state index contributed by atoms with van der Waals surface area (Å²) >= 11 is 3.44. The minimum Gasteiger partial charge on any atom is -0.358 e. The van der Waals surface area contributed by atoms with E-state index in [-0.39, 0.29) is 5.43 Å². The predicted molar refractivity (Wildman–Crippen MR) is 75.5 cm³/mol. The Morgan fingerprint density at radius 3 is 2.71 bits per heavy atom. The summed E-state index contributed by atoms with van der Waals surface area (Å²) in [6.07, 6.45) is 0.900. The topological polar surface area (TPSA) is 32.9 Å². The summed E-state index contributed by atoms with van der Waals surface area (Å²) in [5.74, 6) is 0.538. The van der Waals surface area contributed by atoms with Crippen molar-refractivity contribution < 1.29 is 0 Å². The number of halogens is 1. The Labute approximate surface area is 109 Å². The first kappa shape index (κ1) is 12.4. The minimum absolute atomic E-state index is 0.0879. The zero-order chi connectivity index (χ0) is 12.6. The first-order chi connectivity index (χ1) is 7.99. The molecule has 0 aliphatic heterocycles. The first-order valence-corrected chi connectivity index (χ1v) is 6.59. The van der Waals surface area contributed by atoms with Crippen molar-refractivity contribution in [2.24, 2.45) is 5.92 Å². The number of aryl methyl sites for hydroxylation is 1. The maximum atomic E-state index is 12.1. The normalized spacial score (nSPS) is 11.4. The monoisotopic (exact) mass is 293 g/mol. The number of hydrogen-bond acceptors (Lipinski definition) is 1. The smallest absolute Gasteiger partial charge is 0.190 e. The van der Waals surface area contributed by atoms with E-state index in [4.69, 9.17) is 0 Å². The van der Waals surface area contributed by atoms with Crippen LogP contribution in [0.5, 0.6) is 0 Å². The zero-order valence-corrected chi connectivity index (χ0v) is 11.9. The maximum Gasteiger partial charge on any atom is 0.190 e. The van der Waals surface area contributed by atoms with Crippen molar-refractivity contribution in [3.05, 3.63) is 44.2 Å². The Kier molecular flexibility index (Phi) is 3.38. The highest BCUT2D eigenvalue weighted by atomic mass is 79.9. The molecule has 17 heavy (non-hydrogen) atoms. The second-order valence-electron chi connectivity index (χ2n) is 4.87. The van der Waals surface area contributed by atoms with Crippen molar-refractivity contribution in [2.75, 3.05) is 0 Å². The number of fused-ring (bicyclic) bond motifs is 1. The summed E-state index contributed by atoms with van der Waals surface area (Å²) in [4.78, 5) is 15.5. The summed E-state index contributed by atoms with van der Waals surface area (Å²) in [5, 5.41) is 0.748. The fraction of sp³-hybridized carbons (Fsp3) is 0.357. The van der Waals surface area contributed by atoms with Crippen LogP contribution in [0, 0.1) is 12.8 Å². The fourth-order valence-electron chi connectivity index (χ4n) is 2.06. The predicted octanol–water partition coefficient (Wildman–Crippen LogP) is 3.80. The molecule has 0 fully saturated rings. The van der Waals surface area contributed by atoms with E-state index in [1.165, 1.54) is 0 Å². The molecular weight excluding hydrogens is 278 g/mol. The Bertz CT molecular complexity index is 613. The van der Waals surface area contributed by atoms with Crippen molar-refractivity contribution in [2.45, 2.75) is 27.2 Å². The molecule has 2 nitrogen and oxygen atoms in total. The molecule has 0 aliphatic carbocycles. The van der Waals surface area contributed by atoms with E-state index in [9.17, 15) is 4.79 Å². The first-order valence-electron chi connectivity index (χ1n) is 5.80. The van der Waals surface area contributed by atoms with Crippen LogP contribution in [0.15, 0.2) is 27.5 Å². The van der Waals surface area contributed by atoms with Crippen LogP contribution in [0.3, 0.4) is 0 Å². The molecule has 0 amide bonds. The summed E-state index contributed by atoms with van der Waals surface area (Å²) in [5.41, 5.74) is 3.15. The van der Waals surface area contributed by atoms with Crippen LogP contribution < -0.4 is 5.43 Å². The van der Waals surface area contributed by atoms with Gasteiger partial charge in [-0.25, -0.2) is 0 Å². The number of aromatic nitrogens is 1. The maximum absolute atomic E-state index is 12.1. The lowest BCUT2D eigenvalue weighted by molar-refractivity contribution is 0.636. The van der Waals surface area contributed by atoms with E-state index in [1.54, 1.807) is 6.07 Å². The van der Waals surface area contributed by atoms with Gasteiger partial charge in [0, 0.05) is 16.2 Å². The SMILES string of the molecule is Cc1ccc(Br)c2c(=O)cc(CC(C)C)[nH]c12. The third-order valence-corrected chi connectivity index (χ3v) is 3.49. The number of hydrogen-bond donors (Lipinski definition) is 1. The fourth-order valence-corrected chi connectivity index (χ4v) is 2.59. The molecule has 0 atom stereocenters. The quantitative estimate of drug-likeness (QED) is 0.898. The number of nitrogens with one attached hydrogen (secondary N) is 1. The van der Waals surface area contributed by atoms with E-state index >= 15 is 0 Å². The van der Waals surface area contributed by atoms with Gasteiger partial charge in [0.25, 0.3) is 0 Å². The summed E-state index contributed by atoms with van der Waals surface area (Å²) < 4.78 is 0.857. The average molecular weight is 294 g/mol. The minimum atomic E-state index is 0.0879. The highest BCUT2D eigenvalue weighted by Gasteiger charge is 2.08. The Morgan fingerprint density at radius 2 is 2.06 bits per heavy atom. The molecule has 0 radical (unpaired) electrons. The van der Waals surface area contributed by atoms with Gasteiger partial charge in [0.2, 0.25) is 0 Å². The van der Waals surface area contributed by atoms with Gasteiger partial charge >= 0.3 is 0 Å². The van der Waals surface area contributed by atoms with Crippen LogP contribution in [0.4, 0.5) is 0 Å². The number of rotatable bonds is 2. The van der Waals surface area contributed by atoms with E-state index in [1.807, 2.05) is 19.1 Å². The Morgan fingerprint density at radius 1 is 1.35 bits per heavy atom. The lowest BCUT2D eigenvalue weighted by atomic mass is 10.0. The van der Waals surface area contributed by atoms with Crippen molar-refractivity contribution in [3.8, 4) is 0 Å². The van der Waals surface area contributed by atoms with Gasteiger partial charge < -0.3 is 4.98 Å². The van der Waals surface area contributed by atoms with E-state index in [0.29, 0.717) is 5.92 Å². The molecule has 0 saturated carbocycles. The lowest BCUT2D eigenvalue weighted by Crippen LogP contribution is -2.08. The highest BCUT2D eigenvalue weighted by Crippen LogP contribution is 2.23. The summed E-state index contributed by atoms with van der Waals surface area (Å²) in [6.45, 7) is 6.32. The van der Waals surface area contributed by atoms with Gasteiger partial charge in [0.15, 0.2) is 5.43 Å². The van der Waals surface area contributed by atoms with Gasteiger partial charge in [0.05, 0.1) is 10.9 Å². The van der Waals surface area contributed by atoms with Gasteiger partial charge in [-0.1, -0.05) is 19.9 Å². The Hall–Kier alpha value is -1.09. The molecule has 1 aromatic heterocycles. The van der Waals surface area contributed by atoms with Crippen LogP contribution in [-0.2, 0) is 6.42 Å². The summed E-state index contributed by atoms with van der Waals surface area (Å²) in [7, 11) is 0. The molecule has 3 heteroatoms. The van der Waals surface area contributed by atoms with Crippen LogP contribution >= 0.6 is 15.9 Å². The Balaban J connectivity index is 2.73. The van der Waals surface area contributed by atoms with E-state index < -0.39 is 0 Å². The third-order valence-electron chi connectivity index (χ3n) is 2.83. The number of benzene rings is 1. The zero-order valence-electron chi connectivity index (χ0n) is 10.3. The van der Waals surface area contributed by atoms with Crippen LogP contribution in [0.1, 0.15) is 25.1 Å². The molecule has 0 bridgehead atoms. The van der Waals surface area contributed by atoms with Gasteiger partial charge in [0.1, 0.15) is 0 Å². The molecule has 0 unspecified atom stereocenters. The van der Waals surface area contributed by atoms with Crippen molar-refractivity contribution in [3.63, 3.8) is 0 Å². The van der Waals surface area contributed by atoms with Gasteiger partial charge in [-0.2, -0.15) is 0 Å². The molecule has 1 aromatic carbocycles. The molecule has 0 saturated heterocycles. The molecule has 0 aliphatic rings. The van der Waals surface area contributed by atoms with Crippen molar-refractivity contribution in [1.82, 2.24) is 4.98 Å². The second-order valence-corrected chi connectivity index (χ2v) is 5.73. The highest BCUT2D eigenvalue weighted by molar-refractivity contribution is 9.10. The molecule has 1 heterocycles. The standard InChI is InChI=1S/C14H16BrNO/c1-8(2)6-10-7-12(17)13-11(15)5-4-9(3)14(13)16-10/h4-5,7-8H,6H2,1-3H3,(H,16,17). The molecule has 0 spiro atoms. The second kappa shape index (κ2) is 4.65. The van der Waals surface area contributed by atoms with Gasteiger partial charge in [-0.3, -0.25) is 4.79 Å². The molecule has 2 aromatic rings. The summed E-state index contributed by atoms with van der Waals surface area (Å²) in [6, 6.07) is 5.66. The van der Waals surface area contributed by atoms with Crippen molar-refractivity contribution >= 4 is 26.8 Å². The van der Waals surface area contributed by atoms with Gasteiger partial charge in [-0.05, 0) is 46.8 Å². The molecule has 90 valence electrons. The van der Waals surface area contributed by atoms with Crippen LogP contribution in [-0.4, -0.2) is 4.98 Å². The average Bonchev–Trinajstić information content (AvgIpc) is 2.22. The lowest BCUT2D eigenvalue weighted by Gasteiger charge is -2.09.